The third kappa shape index (κ3) is 2.41. The van der Waals surface area contributed by atoms with Crippen LogP contribution >= 0.6 is 0 Å². The van der Waals surface area contributed by atoms with Gasteiger partial charge < -0.3 is 4.90 Å². The molecule has 0 unspecified atom stereocenters. The lowest BCUT2D eigenvalue weighted by Gasteiger charge is -2.28. The fourth-order valence-corrected chi connectivity index (χ4v) is 3.04. The number of benzene rings is 1. The first-order valence-electron chi connectivity index (χ1n) is 7.84. The lowest BCUT2D eigenvalue weighted by Crippen LogP contribution is -2.30. The molecule has 1 saturated heterocycles. The average Bonchev–Trinajstić information content (AvgIpc) is 2.62. The first-order valence-corrected chi connectivity index (χ1v) is 7.84. The Bertz CT molecular complexity index is 779. The van der Waals surface area contributed by atoms with Crippen molar-refractivity contribution < 1.29 is 0 Å². The highest BCUT2D eigenvalue weighted by molar-refractivity contribution is 5.91. The zero-order valence-corrected chi connectivity index (χ0v) is 12.4. The van der Waals surface area contributed by atoms with Crippen molar-refractivity contribution in [1.29, 1.82) is 0 Å². The second-order valence-electron chi connectivity index (χ2n) is 5.67. The van der Waals surface area contributed by atoms with Crippen molar-refractivity contribution in [2.45, 2.75) is 19.3 Å². The van der Waals surface area contributed by atoms with Crippen LogP contribution in [0.5, 0.6) is 0 Å². The Labute approximate surface area is 129 Å². The van der Waals surface area contributed by atoms with Crippen LogP contribution in [-0.2, 0) is 0 Å². The second-order valence-corrected chi connectivity index (χ2v) is 5.67. The molecule has 0 spiro atoms. The monoisotopic (exact) mass is 290 g/mol. The van der Waals surface area contributed by atoms with Gasteiger partial charge in [-0.15, -0.1) is 0 Å². The van der Waals surface area contributed by atoms with E-state index in [4.69, 9.17) is 9.97 Å². The number of hydrogen-bond acceptors (Lipinski definition) is 4. The minimum Gasteiger partial charge on any atom is -0.356 e. The van der Waals surface area contributed by atoms with E-state index in [9.17, 15) is 0 Å². The SMILES string of the molecule is c1ccc2c(N3CCCCC3)nc(-c3ccncc3)nc2c1. The number of nitrogens with zero attached hydrogens (tertiary/aromatic N) is 4. The molecule has 4 nitrogen and oxygen atoms in total. The van der Waals surface area contributed by atoms with E-state index in [-0.39, 0.29) is 0 Å². The summed E-state index contributed by atoms with van der Waals surface area (Å²) in [7, 11) is 0. The van der Waals surface area contributed by atoms with Crippen molar-refractivity contribution in [2.75, 3.05) is 18.0 Å². The van der Waals surface area contributed by atoms with E-state index >= 15 is 0 Å². The number of fused-ring (bicyclic) bond motifs is 1. The third-order valence-electron chi connectivity index (χ3n) is 4.18. The highest BCUT2D eigenvalue weighted by Crippen LogP contribution is 2.29. The van der Waals surface area contributed by atoms with Gasteiger partial charge in [0.2, 0.25) is 0 Å². The predicted octanol–water partition coefficient (Wildman–Crippen LogP) is 3.68. The number of rotatable bonds is 2. The quantitative estimate of drug-likeness (QED) is 0.722. The molecule has 1 aliphatic rings. The smallest absolute Gasteiger partial charge is 0.162 e. The number of pyridine rings is 1. The van der Waals surface area contributed by atoms with Crippen LogP contribution in [-0.4, -0.2) is 28.0 Å². The summed E-state index contributed by atoms with van der Waals surface area (Å²) in [5.74, 6) is 1.85. The van der Waals surface area contributed by atoms with E-state index in [0.717, 1.165) is 41.2 Å². The Morgan fingerprint density at radius 1 is 0.818 bits per heavy atom. The fourth-order valence-electron chi connectivity index (χ4n) is 3.04. The van der Waals surface area contributed by atoms with Crippen LogP contribution < -0.4 is 4.90 Å². The Balaban J connectivity index is 1.89. The third-order valence-corrected chi connectivity index (χ3v) is 4.18. The van der Waals surface area contributed by atoms with Crippen LogP contribution in [0.4, 0.5) is 5.82 Å². The fraction of sp³-hybridized carbons (Fsp3) is 0.278. The van der Waals surface area contributed by atoms with Crippen molar-refractivity contribution in [3.05, 3.63) is 48.8 Å². The Kier molecular flexibility index (Phi) is 3.43. The summed E-state index contributed by atoms with van der Waals surface area (Å²) in [6, 6.07) is 12.2. The minimum atomic E-state index is 0.779. The van der Waals surface area contributed by atoms with Gasteiger partial charge in [0.05, 0.1) is 5.52 Å². The van der Waals surface area contributed by atoms with Crippen molar-refractivity contribution in [1.82, 2.24) is 15.0 Å². The molecule has 0 saturated carbocycles. The summed E-state index contributed by atoms with van der Waals surface area (Å²) in [4.78, 5) is 16.1. The number of piperidine rings is 1. The van der Waals surface area contributed by atoms with Gasteiger partial charge in [0, 0.05) is 36.4 Å². The molecule has 4 rings (SSSR count). The van der Waals surface area contributed by atoms with Crippen molar-refractivity contribution in [3.8, 4) is 11.4 Å². The molecule has 1 fully saturated rings. The first-order chi connectivity index (χ1) is 10.9. The Morgan fingerprint density at radius 3 is 2.41 bits per heavy atom. The summed E-state index contributed by atoms with van der Waals surface area (Å²) in [6.07, 6.45) is 7.37. The van der Waals surface area contributed by atoms with Gasteiger partial charge in [-0.3, -0.25) is 4.98 Å². The predicted molar refractivity (Wildman–Crippen MR) is 88.8 cm³/mol. The van der Waals surface area contributed by atoms with E-state index < -0.39 is 0 Å². The van der Waals surface area contributed by atoms with Crippen LogP contribution in [0.25, 0.3) is 22.3 Å². The molecule has 110 valence electrons. The molecule has 0 bridgehead atoms. The summed E-state index contributed by atoms with van der Waals surface area (Å²) in [5, 5.41) is 1.14. The number of aromatic nitrogens is 3. The largest absolute Gasteiger partial charge is 0.356 e. The molecule has 1 aromatic carbocycles. The molecule has 0 radical (unpaired) electrons. The molecular formula is C18H18N4. The van der Waals surface area contributed by atoms with Gasteiger partial charge in [0.15, 0.2) is 5.82 Å². The Morgan fingerprint density at radius 2 is 1.59 bits per heavy atom. The number of anilines is 1. The zero-order chi connectivity index (χ0) is 14.8. The van der Waals surface area contributed by atoms with Gasteiger partial charge in [-0.1, -0.05) is 12.1 Å². The summed E-state index contributed by atoms with van der Waals surface area (Å²) in [5.41, 5.74) is 2.02. The van der Waals surface area contributed by atoms with Gasteiger partial charge in [-0.2, -0.15) is 0 Å². The number of hydrogen-bond donors (Lipinski definition) is 0. The maximum atomic E-state index is 4.88. The van der Waals surface area contributed by atoms with E-state index in [2.05, 4.69) is 28.1 Å². The molecule has 4 heteroatoms. The highest BCUT2D eigenvalue weighted by Gasteiger charge is 2.17. The van der Waals surface area contributed by atoms with Gasteiger partial charge in [-0.25, -0.2) is 9.97 Å². The van der Waals surface area contributed by atoms with Crippen LogP contribution in [0.2, 0.25) is 0 Å². The van der Waals surface area contributed by atoms with Gasteiger partial charge in [0.1, 0.15) is 5.82 Å². The minimum absolute atomic E-state index is 0.779. The number of para-hydroxylation sites is 1. The van der Waals surface area contributed by atoms with Crippen LogP contribution in [0.1, 0.15) is 19.3 Å². The molecule has 0 amide bonds. The summed E-state index contributed by atoms with van der Waals surface area (Å²) < 4.78 is 0. The topological polar surface area (TPSA) is 41.9 Å². The normalized spacial score (nSPS) is 15.2. The zero-order valence-electron chi connectivity index (χ0n) is 12.4. The molecule has 3 aromatic rings. The van der Waals surface area contributed by atoms with E-state index in [1.807, 2.05) is 18.2 Å². The summed E-state index contributed by atoms with van der Waals surface area (Å²) in [6.45, 7) is 2.16. The van der Waals surface area contributed by atoms with Crippen LogP contribution in [0.3, 0.4) is 0 Å². The molecule has 22 heavy (non-hydrogen) atoms. The average molecular weight is 290 g/mol. The second kappa shape index (κ2) is 5.72. The lowest BCUT2D eigenvalue weighted by atomic mass is 10.1. The van der Waals surface area contributed by atoms with Crippen LogP contribution in [0.15, 0.2) is 48.8 Å². The van der Waals surface area contributed by atoms with Gasteiger partial charge in [-0.05, 0) is 43.5 Å². The standard InChI is InChI=1S/C18H18N4/c1-4-12-22(13-5-1)18-15-6-2-3-7-16(15)20-17(21-18)14-8-10-19-11-9-14/h2-3,6-11H,1,4-5,12-13H2. The molecule has 0 aliphatic carbocycles. The molecule has 1 aliphatic heterocycles. The molecule has 0 atom stereocenters. The molecule has 0 N–H and O–H groups in total. The van der Waals surface area contributed by atoms with E-state index in [1.54, 1.807) is 12.4 Å². The Hall–Kier alpha value is -2.49. The van der Waals surface area contributed by atoms with Gasteiger partial charge >= 0.3 is 0 Å². The van der Waals surface area contributed by atoms with Crippen molar-refractivity contribution >= 4 is 16.7 Å². The van der Waals surface area contributed by atoms with Gasteiger partial charge in [0.25, 0.3) is 0 Å². The highest BCUT2D eigenvalue weighted by atomic mass is 15.2. The van der Waals surface area contributed by atoms with Crippen molar-refractivity contribution in [2.24, 2.45) is 0 Å². The molecule has 2 aromatic heterocycles. The maximum absolute atomic E-state index is 4.88. The van der Waals surface area contributed by atoms with Crippen LogP contribution in [0, 0.1) is 0 Å². The maximum Gasteiger partial charge on any atom is 0.162 e. The van der Waals surface area contributed by atoms with E-state index in [1.165, 1.54) is 19.3 Å². The van der Waals surface area contributed by atoms with Crippen molar-refractivity contribution in [3.63, 3.8) is 0 Å². The summed E-state index contributed by atoms with van der Waals surface area (Å²) >= 11 is 0. The lowest BCUT2D eigenvalue weighted by molar-refractivity contribution is 0.575. The van der Waals surface area contributed by atoms with E-state index in [0.29, 0.717) is 0 Å². The first kappa shape index (κ1) is 13.2. The molecular weight excluding hydrogens is 272 g/mol. The molecule has 3 heterocycles.